The topological polar surface area (TPSA) is 77.7 Å². The molecule has 0 amide bonds. The van der Waals surface area contributed by atoms with Crippen LogP contribution in [0.1, 0.15) is 52.0 Å². The van der Waals surface area contributed by atoms with Gasteiger partial charge in [-0.15, -0.1) is 0 Å². The molecule has 154 valence electrons. The van der Waals surface area contributed by atoms with Gasteiger partial charge in [0.2, 0.25) is 0 Å². The number of aliphatic imine (C=N–C) groups is 1. The standard InChI is InChI=1S/C20H38N6O/c1-7-21-18(22-14-19(3,27)17-12-24-26(6)13-17)23-15-20(25(4)5)10-8-9-16(2)11-20/h12-13,16,27H,7-11,14-15H2,1-6H3,(H2,21,22,23). The Balaban J connectivity index is 2.06. The van der Waals surface area contributed by atoms with Crippen LogP contribution in [0.5, 0.6) is 0 Å². The normalized spacial score (nSPS) is 26.1. The van der Waals surface area contributed by atoms with Gasteiger partial charge in [-0.05, 0) is 46.7 Å². The predicted octanol–water partition coefficient (Wildman–Crippen LogP) is 1.69. The monoisotopic (exact) mass is 378 g/mol. The van der Waals surface area contributed by atoms with Gasteiger partial charge in [0.15, 0.2) is 5.96 Å². The van der Waals surface area contributed by atoms with Crippen LogP contribution in [0.15, 0.2) is 17.4 Å². The molecule has 1 saturated carbocycles. The van der Waals surface area contributed by atoms with Crippen molar-refractivity contribution < 1.29 is 5.11 Å². The molecule has 0 bridgehead atoms. The van der Waals surface area contributed by atoms with E-state index in [1.807, 2.05) is 13.2 Å². The molecule has 0 aliphatic heterocycles. The number of nitrogens with one attached hydrogen (secondary N) is 2. The first-order chi connectivity index (χ1) is 12.7. The SMILES string of the molecule is CCNC(=NCC(C)(O)c1cnn(C)c1)NCC1(N(C)C)CCCC(C)C1. The van der Waals surface area contributed by atoms with E-state index in [4.69, 9.17) is 0 Å². The molecule has 27 heavy (non-hydrogen) atoms. The molecule has 1 aliphatic rings. The van der Waals surface area contributed by atoms with E-state index in [0.717, 1.165) is 30.5 Å². The second-order valence-corrected chi connectivity index (χ2v) is 8.55. The molecule has 2 rings (SSSR count). The van der Waals surface area contributed by atoms with Crippen LogP contribution in [0.2, 0.25) is 0 Å². The molecule has 1 fully saturated rings. The summed E-state index contributed by atoms with van der Waals surface area (Å²) in [5.41, 5.74) is -0.120. The molecule has 3 N–H and O–H groups in total. The van der Waals surface area contributed by atoms with E-state index in [2.05, 4.69) is 53.6 Å². The van der Waals surface area contributed by atoms with Gasteiger partial charge in [0.05, 0.1) is 12.7 Å². The minimum atomic E-state index is -1.05. The molecule has 1 aromatic rings. The van der Waals surface area contributed by atoms with Crippen molar-refractivity contribution in [3.8, 4) is 0 Å². The molecule has 1 aliphatic carbocycles. The largest absolute Gasteiger partial charge is 0.383 e. The van der Waals surface area contributed by atoms with E-state index >= 15 is 0 Å². The van der Waals surface area contributed by atoms with Crippen LogP contribution in [0.25, 0.3) is 0 Å². The summed E-state index contributed by atoms with van der Waals surface area (Å²) >= 11 is 0. The minimum absolute atomic E-state index is 0.153. The Morgan fingerprint density at radius 3 is 2.78 bits per heavy atom. The van der Waals surface area contributed by atoms with Crippen molar-refractivity contribution in [2.24, 2.45) is 18.0 Å². The smallest absolute Gasteiger partial charge is 0.191 e. The number of aryl methyl sites for hydroxylation is 1. The average molecular weight is 379 g/mol. The Morgan fingerprint density at radius 2 is 2.22 bits per heavy atom. The molecule has 7 heteroatoms. The third kappa shape index (κ3) is 5.69. The molecule has 0 spiro atoms. The predicted molar refractivity (Wildman–Crippen MR) is 111 cm³/mol. The lowest BCUT2D eigenvalue weighted by Gasteiger charge is -2.45. The summed E-state index contributed by atoms with van der Waals surface area (Å²) in [4.78, 5) is 7.02. The quantitative estimate of drug-likeness (QED) is 0.497. The van der Waals surface area contributed by atoms with Gasteiger partial charge in [0.25, 0.3) is 0 Å². The van der Waals surface area contributed by atoms with Gasteiger partial charge in [-0.1, -0.05) is 19.8 Å². The number of rotatable bonds is 7. The Bertz CT molecular complexity index is 624. The summed E-state index contributed by atoms with van der Waals surface area (Å²) in [6.45, 7) is 8.10. The highest BCUT2D eigenvalue weighted by Crippen LogP contribution is 2.35. The lowest BCUT2D eigenvalue weighted by atomic mass is 9.75. The maximum absolute atomic E-state index is 10.8. The number of guanidine groups is 1. The maximum atomic E-state index is 10.8. The van der Waals surface area contributed by atoms with Crippen LogP contribution in [-0.4, -0.2) is 65.0 Å². The highest BCUT2D eigenvalue weighted by Gasteiger charge is 2.37. The summed E-state index contributed by atoms with van der Waals surface area (Å²) in [6, 6.07) is 0. The third-order valence-electron chi connectivity index (χ3n) is 5.82. The second kappa shape index (κ2) is 9.06. The molecule has 7 nitrogen and oxygen atoms in total. The van der Waals surface area contributed by atoms with Crippen molar-refractivity contribution in [3.05, 3.63) is 18.0 Å². The Labute approximate surface area is 164 Å². The highest BCUT2D eigenvalue weighted by molar-refractivity contribution is 5.79. The Kier molecular flexibility index (Phi) is 7.28. The van der Waals surface area contributed by atoms with Crippen LogP contribution < -0.4 is 10.6 Å². The summed E-state index contributed by atoms with van der Waals surface area (Å²) in [5.74, 6) is 1.50. The van der Waals surface area contributed by atoms with Gasteiger partial charge in [-0.25, -0.2) is 4.99 Å². The van der Waals surface area contributed by atoms with Crippen molar-refractivity contribution >= 4 is 5.96 Å². The number of aromatic nitrogens is 2. The fourth-order valence-electron chi connectivity index (χ4n) is 3.97. The molecule has 3 atom stereocenters. The van der Waals surface area contributed by atoms with E-state index in [1.165, 1.54) is 25.7 Å². The molecular weight excluding hydrogens is 340 g/mol. The summed E-state index contributed by atoms with van der Waals surface area (Å²) in [6.07, 6.45) is 8.51. The van der Waals surface area contributed by atoms with Crippen molar-refractivity contribution in [2.45, 2.75) is 57.6 Å². The molecule has 0 saturated heterocycles. The molecule has 0 aromatic carbocycles. The van der Waals surface area contributed by atoms with Crippen LogP contribution in [-0.2, 0) is 12.6 Å². The Hall–Kier alpha value is -1.60. The zero-order valence-corrected chi connectivity index (χ0v) is 17.9. The second-order valence-electron chi connectivity index (χ2n) is 8.55. The van der Waals surface area contributed by atoms with Crippen LogP contribution in [0.4, 0.5) is 0 Å². The van der Waals surface area contributed by atoms with Gasteiger partial charge in [0, 0.05) is 37.4 Å². The average Bonchev–Trinajstić information content (AvgIpc) is 3.05. The fraction of sp³-hybridized carbons (Fsp3) is 0.800. The summed E-state index contributed by atoms with van der Waals surface area (Å²) < 4.78 is 1.70. The van der Waals surface area contributed by atoms with E-state index in [1.54, 1.807) is 17.8 Å². The molecule has 1 heterocycles. The van der Waals surface area contributed by atoms with Gasteiger partial charge in [-0.2, -0.15) is 5.10 Å². The van der Waals surface area contributed by atoms with Crippen LogP contribution in [0, 0.1) is 5.92 Å². The van der Waals surface area contributed by atoms with Crippen molar-refractivity contribution in [2.75, 3.05) is 33.7 Å². The van der Waals surface area contributed by atoms with E-state index in [0.29, 0.717) is 0 Å². The number of hydrogen-bond donors (Lipinski definition) is 3. The maximum Gasteiger partial charge on any atom is 0.191 e. The molecule has 0 radical (unpaired) electrons. The molecular formula is C20H38N6O. The van der Waals surface area contributed by atoms with E-state index < -0.39 is 5.60 Å². The molecule has 1 aromatic heterocycles. The number of likely N-dealkylation sites (N-methyl/N-ethyl adjacent to an activating group) is 1. The van der Waals surface area contributed by atoms with Crippen molar-refractivity contribution in [1.82, 2.24) is 25.3 Å². The van der Waals surface area contributed by atoms with E-state index in [-0.39, 0.29) is 12.1 Å². The zero-order chi connectivity index (χ0) is 20.1. The first-order valence-corrected chi connectivity index (χ1v) is 10.1. The first-order valence-electron chi connectivity index (χ1n) is 10.1. The van der Waals surface area contributed by atoms with E-state index in [9.17, 15) is 5.11 Å². The minimum Gasteiger partial charge on any atom is -0.383 e. The van der Waals surface area contributed by atoms with Crippen molar-refractivity contribution in [3.63, 3.8) is 0 Å². The highest BCUT2D eigenvalue weighted by atomic mass is 16.3. The van der Waals surface area contributed by atoms with Gasteiger partial charge in [0.1, 0.15) is 5.60 Å². The third-order valence-corrected chi connectivity index (χ3v) is 5.82. The van der Waals surface area contributed by atoms with Crippen LogP contribution >= 0.6 is 0 Å². The summed E-state index contributed by atoms with van der Waals surface area (Å²) in [5, 5.41) is 21.8. The van der Waals surface area contributed by atoms with Crippen molar-refractivity contribution in [1.29, 1.82) is 0 Å². The zero-order valence-electron chi connectivity index (χ0n) is 17.9. The van der Waals surface area contributed by atoms with Crippen LogP contribution in [0.3, 0.4) is 0 Å². The number of aliphatic hydroxyl groups is 1. The van der Waals surface area contributed by atoms with Gasteiger partial charge >= 0.3 is 0 Å². The fourth-order valence-corrected chi connectivity index (χ4v) is 3.97. The first kappa shape index (κ1) is 21.7. The number of nitrogens with zero attached hydrogens (tertiary/aromatic N) is 4. The Morgan fingerprint density at radius 1 is 1.48 bits per heavy atom. The lowest BCUT2D eigenvalue weighted by molar-refractivity contribution is 0.0668. The van der Waals surface area contributed by atoms with Gasteiger partial charge in [-0.3, -0.25) is 4.68 Å². The lowest BCUT2D eigenvalue weighted by Crippen LogP contribution is -2.56. The number of hydrogen-bond acceptors (Lipinski definition) is 4. The molecule has 3 unspecified atom stereocenters. The summed E-state index contributed by atoms with van der Waals surface area (Å²) in [7, 11) is 6.20. The van der Waals surface area contributed by atoms with Gasteiger partial charge < -0.3 is 20.6 Å².